The number of benzene rings is 5. The summed E-state index contributed by atoms with van der Waals surface area (Å²) in [6, 6.07) is 32.1. The molecule has 7 nitrogen and oxygen atoms in total. The van der Waals surface area contributed by atoms with Crippen LogP contribution >= 0.6 is 0 Å². The van der Waals surface area contributed by atoms with Gasteiger partial charge in [-0.1, -0.05) is 314 Å². The van der Waals surface area contributed by atoms with Crippen LogP contribution in [0.4, 0.5) is 0 Å². The normalized spacial score (nSPS) is 13.1. The molecule has 0 radical (unpaired) electrons. The van der Waals surface area contributed by atoms with Gasteiger partial charge < -0.3 is 4.74 Å². The van der Waals surface area contributed by atoms with E-state index >= 15 is 0 Å². The van der Waals surface area contributed by atoms with E-state index in [1.807, 2.05) is 72.7 Å². The van der Waals surface area contributed by atoms with Crippen LogP contribution < -0.4 is 4.74 Å². The first-order valence-corrected chi connectivity index (χ1v) is 38.7. The van der Waals surface area contributed by atoms with E-state index in [0.29, 0.717) is 25.0 Å². The predicted octanol–water partition coefficient (Wildman–Crippen LogP) is 23.7. The lowest BCUT2D eigenvalue weighted by atomic mass is 9.70. The van der Waals surface area contributed by atoms with E-state index in [1.165, 1.54) is 214 Å². The lowest BCUT2D eigenvalue weighted by molar-refractivity contribution is 0.203. The van der Waals surface area contributed by atoms with Crippen molar-refractivity contribution in [2.45, 2.75) is 311 Å². The molecule has 1 aliphatic rings. The molecule has 9 heteroatoms. The van der Waals surface area contributed by atoms with Gasteiger partial charge in [-0.2, -0.15) is 16.8 Å². The van der Waals surface area contributed by atoms with Gasteiger partial charge in [-0.25, -0.2) is 0 Å². The van der Waals surface area contributed by atoms with E-state index in [-0.39, 0.29) is 39.2 Å². The minimum absolute atomic E-state index is 0.0234. The van der Waals surface area contributed by atoms with Crippen molar-refractivity contribution in [3.8, 4) is 16.9 Å². The van der Waals surface area contributed by atoms with Crippen molar-refractivity contribution < 1.29 is 29.9 Å². The van der Waals surface area contributed by atoms with Crippen LogP contribution in [0.25, 0.3) is 11.1 Å². The second-order valence-electron chi connectivity index (χ2n) is 29.4. The van der Waals surface area contributed by atoms with Crippen molar-refractivity contribution in [3.63, 3.8) is 0 Å². The Labute approximate surface area is 551 Å². The Balaban J connectivity index is 0.000000362. The molecule has 0 aromatic heterocycles. The minimum atomic E-state index is -3.86. The van der Waals surface area contributed by atoms with E-state index in [1.54, 1.807) is 18.6 Å². The van der Waals surface area contributed by atoms with Crippen molar-refractivity contribution >= 4 is 20.2 Å². The molecule has 6 rings (SSSR count). The molecule has 502 valence electrons. The Hall–Kier alpha value is -4.28. The zero-order chi connectivity index (χ0) is 65.6. The molecular formula is C81H124O7S2. The Kier molecular flexibility index (Phi) is 32.9. The number of unbranched alkanes of at least 4 members (excludes halogenated alkanes) is 25. The number of ether oxygens (including phenoxy) is 1. The number of aryl methyl sites for hydroxylation is 4. The molecule has 5 aromatic carbocycles. The van der Waals surface area contributed by atoms with E-state index in [9.17, 15) is 16.8 Å². The summed E-state index contributed by atoms with van der Waals surface area (Å²) < 4.78 is 69.5. The number of rotatable bonds is 42. The standard InChI is InChI=1S/C51H78O3S.C30H46O4S/c1-8-10-12-14-16-18-20-22-24-26-34-51(35-27-25-23-21-19-17-15-13-11-9-2)47-36-41(3)28-32-45(47)46-33-31-43(38-48(46)51)37-44-30-29-42(4)49(39-44)55(52,53)54-40-50(5,6)7;1-7-8-9-10-11-12-13-14-19-33-28-20-24(2)15-18-27(28)21-26-17-16-25(3)29(22-26)35(31,32)34-23-30(4,5)6/h28-33,36,38-39H,8-27,34-35,37,40H2,1-7H3;15-18,20,22H,7-14,19,21,23H2,1-6H3. The van der Waals surface area contributed by atoms with Crippen LogP contribution in [0.2, 0.25) is 0 Å². The SMILES string of the molecule is CCCCCCCCCCCCC1(CCCCCCCCCCCC)c2cc(C)ccc2-c2ccc(Cc3ccc(C)c(S(=O)(=O)OCC(C)(C)C)c3)cc21.CCCCCCCCCCOc1cc(C)ccc1Cc1ccc(C)c(S(=O)(=O)OCC(C)(C)C)c1. The molecule has 5 aromatic rings. The second-order valence-corrected chi connectivity index (χ2v) is 32.6. The van der Waals surface area contributed by atoms with Crippen molar-refractivity contribution in [3.05, 3.63) is 147 Å². The first-order valence-electron chi connectivity index (χ1n) is 35.9. The van der Waals surface area contributed by atoms with E-state index < -0.39 is 20.2 Å². The zero-order valence-electron chi connectivity index (χ0n) is 59.1. The summed E-state index contributed by atoms with van der Waals surface area (Å²) in [6.45, 7) is 27.7. The maximum atomic E-state index is 13.3. The maximum absolute atomic E-state index is 13.3. The lowest BCUT2D eigenvalue weighted by Crippen LogP contribution is -2.26. The molecule has 0 heterocycles. The fraction of sp³-hybridized carbons (Fsp3) is 0.630. The van der Waals surface area contributed by atoms with Gasteiger partial charge in [0.2, 0.25) is 0 Å². The van der Waals surface area contributed by atoms with Gasteiger partial charge in [-0.3, -0.25) is 8.37 Å². The van der Waals surface area contributed by atoms with Crippen molar-refractivity contribution in [1.82, 2.24) is 0 Å². The average molecular weight is 1270 g/mol. The average Bonchev–Trinajstić information content (AvgIpc) is 1.57. The third kappa shape index (κ3) is 26.3. The molecule has 0 bridgehead atoms. The highest BCUT2D eigenvalue weighted by atomic mass is 32.2. The highest BCUT2D eigenvalue weighted by Gasteiger charge is 2.42. The van der Waals surface area contributed by atoms with Gasteiger partial charge in [-0.15, -0.1) is 0 Å². The van der Waals surface area contributed by atoms with Crippen molar-refractivity contribution in [2.24, 2.45) is 10.8 Å². The molecule has 0 N–H and O–H groups in total. The fourth-order valence-electron chi connectivity index (χ4n) is 12.8. The molecule has 0 saturated carbocycles. The van der Waals surface area contributed by atoms with E-state index in [2.05, 4.69) is 95.3 Å². The van der Waals surface area contributed by atoms with E-state index in [0.717, 1.165) is 40.0 Å². The van der Waals surface area contributed by atoms with Crippen molar-refractivity contribution in [2.75, 3.05) is 19.8 Å². The topological polar surface area (TPSA) is 96.0 Å². The van der Waals surface area contributed by atoms with E-state index in [4.69, 9.17) is 13.1 Å². The molecule has 0 atom stereocenters. The van der Waals surface area contributed by atoms with Crippen LogP contribution in [-0.4, -0.2) is 36.7 Å². The summed E-state index contributed by atoms with van der Waals surface area (Å²) in [5.74, 6) is 0.891. The van der Waals surface area contributed by atoms with Gasteiger partial charge in [0.15, 0.2) is 0 Å². The van der Waals surface area contributed by atoms with Gasteiger partial charge >= 0.3 is 0 Å². The van der Waals surface area contributed by atoms with Crippen LogP contribution in [0.1, 0.15) is 311 Å². The Morgan fingerprint density at radius 2 is 0.733 bits per heavy atom. The first kappa shape index (κ1) is 76.4. The van der Waals surface area contributed by atoms with Crippen LogP contribution in [0.3, 0.4) is 0 Å². The minimum Gasteiger partial charge on any atom is -0.493 e. The Bertz CT molecular complexity index is 3100. The molecule has 0 fully saturated rings. The first-order chi connectivity index (χ1) is 42.9. The van der Waals surface area contributed by atoms with Crippen LogP contribution in [-0.2, 0) is 46.9 Å². The third-order valence-electron chi connectivity index (χ3n) is 18.1. The molecule has 0 amide bonds. The summed E-state index contributed by atoms with van der Waals surface area (Å²) in [4.78, 5) is 0.530. The zero-order valence-corrected chi connectivity index (χ0v) is 60.7. The molecular weight excluding hydrogens is 1150 g/mol. The van der Waals surface area contributed by atoms with Crippen molar-refractivity contribution in [1.29, 1.82) is 0 Å². The predicted molar refractivity (Wildman–Crippen MR) is 383 cm³/mol. The number of hydrogen-bond donors (Lipinski definition) is 0. The summed E-state index contributed by atoms with van der Waals surface area (Å²) in [5.41, 5.74) is 13.6. The van der Waals surface area contributed by atoms with Crippen LogP contribution in [0.15, 0.2) is 101 Å². The summed E-state index contributed by atoms with van der Waals surface area (Å²) >= 11 is 0. The van der Waals surface area contributed by atoms with Gasteiger partial charge in [0, 0.05) is 11.8 Å². The molecule has 1 aliphatic carbocycles. The fourth-order valence-corrected chi connectivity index (χ4v) is 15.5. The van der Waals surface area contributed by atoms with Crippen LogP contribution in [0, 0.1) is 38.5 Å². The van der Waals surface area contributed by atoms with Gasteiger partial charge in [0.25, 0.3) is 20.2 Å². The molecule has 90 heavy (non-hydrogen) atoms. The third-order valence-corrected chi connectivity index (χ3v) is 20.9. The summed E-state index contributed by atoms with van der Waals surface area (Å²) in [5, 5.41) is 0. The quantitative estimate of drug-likeness (QED) is 0.0284. The van der Waals surface area contributed by atoms with Gasteiger partial charge in [0.05, 0.1) is 29.6 Å². The van der Waals surface area contributed by atoms with Gasteiger partial charge in [-0.05, 0) is 144 Å². The number of fused-ring (bicyclic) bond motifs is 3. The molecule has 0 unspecified atom stereocenters. The summed E-state index contributed by atoms with van der Waals surface area (Å²) in [7, 11) is -7.67. The highest BCUT2D eigenvalue weighted by molar-refractivity contribution is 7.87. The molecule has 0 saturated heterocycles. The van der Waals surface area contributed by atoms with Gasteiger partial charge in [0.1, 0.15) is 5.75 Å². The monoisotopic (exact) mass is 1270 g/mol. The Morgan fingerprint density at radius 3 is 1.18 bits per heavy atom. The maximum Gasteiger partial charge on any atom is 0.297 e. The molecule has 0 spiro atoms. The number of hydrogen-bond acceptors (Lipinski definition) is 7. The Morgan fingerprint density at radius 1 is 0.378 bits per heavy atom. The lowest BCUT2D eigenvalue weighted by Gasteiger charge is -2.33. The van der Waals surface area contributed by atoms with Crippen LogP contribution in [0.5, 0.6) is 5.75 Å². The molecule has 0 aliphatic heterocycles. The summed E-state index contributed by atoms with van der Waals surface area (Å²) in [6.07, 6.45) is 40.9. The second kappa shape index (κ2) is 38.8. The largest absolute Gasteiger partial charge is 0.493 e. The smallest absolute Gasteiger partial charge is 0.297 e. The highest BCUT2D eigenvalue weighted by Crippen LogP contribution is 2.55.